The molecule has 0 atom stereocenters. The molecule has 24 heavy (non-hydrogen) atoms. The van der Waals surface area contributed by atoms with Crippen LogP contribution in [0.4, 0.5) is 17.6 Å². The van der Waals surface area contributed by atoms with E-state index in [1.807, 2.05) is 6.07 Å². The fourth-order valence-corrected chi connectivity index (χ4v) is 2.29. The summed E-state index contributed by atoms with van der Waals surface area (Å²) in [5, 5.41) is 6.64. The Morgan fingerprint density at radius 1 is 1.12 bits per heavy atom. The summed E-state index contributed by atoms with van der Waals surface area (Å²) in [6, 6.07) is 8.81. The van der Waals surface area contributed by atoms with Gasteiger partial charge in [-0.1, -0.05) is 11.6 Å². The van der Waals surface area contributed by atoms with Crippen molar-refractivity contribution in [1.82, 2.24) is 15.0 Å². The molecule has 0 aliphatic rings. The van der Waals surface area contributed by atoms with Gasteiger partial charge in [0.25, 0.3) is 0 Å². The molecule has 0 saturated heterocycles. The van der Waals surface area contributed by atoms with Crippen LogP contribution in [0, 0.1) is 0 Å². The van der Waals surface area contributed by atoms with E-state index in [9.17, 15) is 0 Å². The van der Waals surface area contributed by atoms with Crippen molar-refractivity contribution in [2.75, 3.05) is 17.7 Å². The number of methoxy groups -OCH3 is 1. The molecule has 2 heterocycles. The molecule has 9 heteroatoms. The van der Waals surface area contributed by atoms with Crippen LogP contribution in [0.15, 0.2) is 41.0 Å². The minimum atomic E-state index is 0.0513. The molecule has 0 saturated carbocycles. The predicted molar refractivity (Wildman–Crippen MR) is 92.2 cm³/mol. The van der Waals surface area contributed by atoms with E-state index < -0.39 is 0 Å². The smallest absolute Gasteiger partial charge is 0.233 e. The summed E-state index contributed by atoms with van der Waals surface area (Å²) < 4.78 is 10.5. The summed E-state index contributed by atoms with van der Waals surface area (Å²) >= 11 is 12.0. The molecule has 0 aliphatic heterocycles. The third kappa shape index (κ3) is 4.06. The first-order valence-electron chi connectivity index (χ1n) is 6.92. The molecule has 3 rings (SSSR count). The number of aromatic nitrogens is 3. The molecule has 3 aromatic rings. The van der Waals surface area contributed by atoms with Crippen LogP contribution in [0.25, 0.3) is 0 Å². The van der Waals surface area contributed by atoms with Crippen molar-refractivity contribution in [1.29, 1.82) is 0 Å². The maximum Gasteiger partial charge on any atom is 0.233 e. The standard InChI is InChI=1S/C15H13Cl2N5O2/c1-23-12-5-4-9(16)7-11(12)19-15-21-13(17)20-14(22-15)18-8-10-3-2-6-24-10/h2-7H,8H2,1H3,(H2,18,19,20,21,22). The number of anilines is 3. The molecular formula is C15H13Cl2N5O2. The minimum absolute atomic E-state index is 0.0513. The van der Waals surface area contributed by atoms with Crippen LogP contribution < -0.4 is 15.4 Å². The van der Waals surface area contributed by atoms with Gasteiger partial charge >= 0.3 is 0 Å². The first-order valence-corrected chi connectivity index (χ1v) is 7.68. The predicted octanol–water partition coefficient (Wildman–Crippen LogP) is 4.14. The van der Waals surface area contributed by atoms with Gasteiger partial charge in [-0.05, 0) is 41.9 Å². The normalized spacial score (nSPS) is 10.5. The number of halogens is 2. The highest BCUT2D eigenvalue weighted by Crippen LogP contribution is 2.29. The SMILES string of the molecule is COc1ccc(Cl)cc1Nc1nc(Cl)nc(NCc2ccco2)n1. The van der Waals surface area contributed by atoms with E-state index in [1.165, 1.54) is 0 Å². The van der Waals surface area contributed by atoms with Gasteiger partial charge in [-0.25, -0.2) is 0 Å². The largest absolute Gasteiger partial charge is 0.495 e. The average Bonchev–Trinajstić information content (AvgIpc) is 3.06. The number of benzene rings is 1. The summed E-state index contributed by atoms with van der Waals surface area (Å²) in [5.41, 5.74) is 0.615. The van der Waals surface area contributed by atoms with Gasteiger partial charge in [0, 0.05) is 5.02 Å². The van der Waals surface area contributed by atoms with Crippen molar-refractivity contribution in [2.45, 2.75) is 6.54 Å². The van der Waals surface area contributed by atoms with Crippen molar-refractivity contribution >= 4 is 40.8 Å². The van der Waals surface area contributed by atoms with E-state index in [4.69, 9.17) is 32.4 Å². The summed E-state index contributed by atoms with van der Waals surface area (Å²) in [6.45, 7) is 0.424. The van der Waals surface area contributed by atoms with Crippen molar-refractivity contribution < 1.29 is 9.15 Å². The van der Waals surface area contributed by atoms with Gasteiger partial charge in [0.15, 0.2) is 0 Å². The van der Waals surface area contributed by atoms with Gasteiger partial charge < -0.3 is 19.8 Å². The number of hydrogen-bond donors (Lipinski definition) is 2. The molecule has 7 nitrogen and oxygen atoms in total. The monoisotopic (exact) mass is 365 g/mol. The maximum absolute atomic E-state index is 6.01. The molecule has 0 aliphatic carbocycles. The van der Waals surface area contributed by atoms with Crippen LogP contribution in [-0.2, 0) is 6.54 Å². The third-order valence-corrected chi connectivity index (χ3v) is 3.42. The Balaban J connectivity index is 1.79. The molecule has 0 bridgehead atoms. The fourth-order valence-electron chi connectivity index (χ4n) is 1.96. The van der Waals surface area contributed by atoms with Gasteiger partial charge in [0.05, 0.1) is 25.6 Å². The van der Waals surface area contributed by atoms with Crippen molar-refractivity contribution in [3.05, 3.63) is 52.7 Å². The fraction of sp³-hybridized carbons (Fsp3) is 0.133. The van der Waals surface area contributed by atoms with E-state index >= 15 is 0 Å². The highest BCUT2D eigenvalue weighted by atomic mass is 35.5. The third-order valence-electron chi connectivity index (χ3n) is 3.02. The van der Waals surface area contributed by atoms with Crippen molar-refractivity contribution in [2.24, 2.45) is 0 Å². The van der Waals surface area contributed by atoms with E-state index in [1.54, 1.807) is 37.6 Å². The number of nitrogens with zero attached hydrogens (tertiary/aromatic N) is 3. The minimum Gasteiger partial charge on any atom is -0.495 e. The highest BCUT2D eigenvalue weighted by molar-refractivity contribution is 6.31. The molecule has 0 amide bonds. The van der Waals surface area contributed by atoms with E-state index in [2.05, 4.69) is 25.6 Å². The summed E-state index contributed by atoms with van der Waals surface area (Å²) in [5.74, 6) is 1.92. The summed E-state index contributed by atoms with van der Waals surface area (Å²) in [6.07, 6.45) is 1.59. The molecule has 0 spiro atoms. The van der Waals surface area contributed by atoms with Gasteiger partial charge in [-0.15, -0.1) is 0 Å². The second kappa shape index (κ2) is 7.37. The summed E-state index contributed by atoms with van der Waals surface area (Å²) in [4.78, 5) is 12.3. The van der Waals surface area contributed by atoms with Crippen LogP contribution in [0.5, 0.6) is 5.75 Å². The zero-order valence-electron chi connectivity index (χ0n) is 12.6. The Hall–Kier alpha value is -2.51. The first-order chi connectivity index (χ1) is 11.6. The Labute approximate surface area is 148 Å². The Morgan fingerprint density at radius 3 is 2.71 bits per heavy atom. The van der Waals surface area contributed by atoms with E-state index in [-0.39, 0.29) is 11.2 Å². The molecular weight excluding hydrogens is 353 g/mol. The van der Waals surface area contributed by atoms with E-state index in [0.717, 1.165) is 5.76 Å². The highest BCUT2D eigenvalue weighted by Gasteiger charge is 2.09. The second-order valence-electron chi connectivity index (χ2n) is 4.65. The molecule has 2 N–H and O–H groups in total. The second-order valence-corrected chi connectivity index (χ2v) is 5.43. The van der Waals surface area contributed by atoms with Gasteiger partial charge in [-0.2, -0.15) is 15.0 Å². The molecule has 124 valence electrons. The molecule has 2 aromatic heterocycles. The lowest BCUT2D eigenvalue weighted by Crippen LogP contribution is -2.07. The quantitative estimate of drug-likeness (QED) is 0.678. The average molecular weight is 366 g/mol. The Morgan fingerprint density at radius 2 is 1.96 bits per heavy atom. The number of furan rings is 1. The molecule has 1 aromatic carbocycles. The maximum atomic E-state index is 6.01. The molecule has 0 radical (unpaired) electrons. The number of ether oxygens (including phenoxy) is 1. The lowest BCUT2D eigenvalue weighted by atomic mass is 10.3. The van der Waals surface area contributed by atoms with E-state index in [0.29, 0.717) is 29.0 Å². The molecule has 0 unspecified atom stereocenters. The van der Waals surface area contributed by atoms with Crippen LogP contribution in [0.2, 0.25) is 10.3 Å². The Bertz CT molecular complexity index is 827. The zero-order valence-corrected chi connectivity index (χ0v) is 14.1. The number of hydrogen-bond acceptors (Lipinski definition) is 7. The van der Waals surface area contributed by atoms with Crippen LogP contribution in [0.1, 0.15) is 5.76 Å². The topological polar surface area (TPSA) is 85.1 Å². The lowest BCUT2D eigenvalue weighted by molar-refractivity contribution is 0.417. The van der Waals surface area contributed by atoms with Crippen LogP contribution >= 0.6 is 23.2 Å². The van der Waals surface area contributed by atoms with Gasteiger partial charge in [0.2, 0.25) is 17.2 Å². The number of nitrogens with one attached hydrogen (secondary N) is 2. The van der Waals surface area contributed by atoms with Gasteiger partial charge in [0.1, 0.15) is 11.5 Å². The zero-order chi connectivity index (χ0) is 16.9. The van der Waals surface area contributed by atoms with Crippen molar-refractivity contribution in [3.8, 4) is 5.75 Å². The first kappa shape index (κ1) is 16.4. The van der Waals surface area contributed by atoms with Crippen LogP contribution in [0.3, 0.4) is 0 Å². The Kier molecular flexibility index (Phi) is 5.02. The van der Waals surface area contributed by atoms with Gasteiger partial charge in [-0.3, -0.25) is 0 Å². The van der Waals surface area contributed by atoms with Crippen molar-refractivity contribution in [3.63, 3.8) is 0 Å². The lowest BCUT2D eigenvalue weighted by Gasteiger charge is -2.11. The molecule has 0 fully saturated rings. The number of rotatable bonds is 6. The van der Waals surface area contributed by atoms with Crippen LogP contribution in [-0.4, -0.2) is 22.1 Å². The summed E-state index contributed by atoms with van der Waals surface area (Å²) in [7, 11) is 1.56.